The first-order valence-electron chi connectivity index (χ1n) is 15.3. The second kappa shape index (κ2) is 12.1. The average Bonchev–Trinajstić information content (AvgIpc) is 3.22. The summed E-state index contributed by atoms with van der Waals surface area (Å²) >= 11 is 0. The van der Waals surface area contributed by atoms with Crippen LogP contribution in [0.15, 0.2) is 42.5 Å². The van der Waals surface area contributed by atoms with Gasteiger partial charge in [0.2, 0.25) is 0 Å². The molecule has 2 heteroatoms. The minimum absolute atomic E-state index is 0.402. The standard InChI is InChI=1S/C37H50N2/c1-11-12-13-14-15-29-16-17-34-33(20-29)38-37(35-27(9)18-26(8)19-28(35)10)39(34)36-31(24(4)5)21-30(23(2)3)22-32(36)25(6)7/h16-25H,11-15H2,1-10H3. The zero-order valence-electron chi connectivity index (χ0n) is 26.2. The molecule has 4 rings (SSSR count). The third kappa shape index (κ3) is 6.01. The fourth-order valence-corrected chi connectivity index (χ4v) is 6.14. The Morgan fingerprint density at radius 3 is 1.87 bits per heavy atom. The van der Waals surface area contributed by atoms with Crippen molar-refractivity contribution in [3.8, 4) is 17.1 Å². The smallest absolute Gasteiger partial charge is 0.146 e. The van der Waals surface area contributed by atoms with E-state index in [0.717, 1.165) is 17.8 Å². The van der Waals surface area contributed by atoms with Crippen molar-refractivity contribution < 1.29 is 0 Å². The molecule has 1 heterocycles. The van der Waals surface area contributed by atoms with Gasteiger partial charge in [0.15, 0.2) is 0 Å². The van der Waals surface area contributed by atoms with Crippen molar-refractivity contribution in [1.82, 2.24) is 9.55 Å². The average molecular weight is 523 g/mol. The molecule has 0 fully saturated rings. The number of rotatable bonds is 10. The Balaban J connectivity index is 2.07. The van der Waals surface area contributed by atoms with Gasteiger partial charge in [-0.05, 0) is 96.9 Å². The van der Waals surface area contributed by atoms with Crippen LogP contribution in [0.5, 0.6) is 0 Å². The molecular formula is C37H50N2. The van der Waals surface area contributed by atoms with Crippen molar-refractivity contribution >= 4 is 11.0 Å². The van der Waals surface area contributed by atoms with Crippen molar-refractivity contribution in [2.24, 2.45) is 0 Å². The van der Waals surface area contributed by atoms with Crippen LogP contribution in [-0.2, 0) is 6.42 Å². The highest BCUT2D eigenvalue weighted by Gasteiger charge is 2.25. The lowest BCUT2D eigenvalue weighted by molar-refractivity contribution is 0.667. The number of fused-ring (bicyclic) bond motifs is 1. The van der Waals surface area contributed by atoms with Crippen LogP contribution < -0.4 is 0 Å². The molecule has 0 aliphatic carbocycles. The quantitative estimate of drug-likeness (QED) is 0.189. The van der Waals surface area contributed by atoms with Crippen LogP contribution in [0.25, 0.3) is 28.1 Å². The summed E-state index contributed by atoms with van der Waals surface area (Å²) in [6.45, 7) is 22.9. The van der Waals surface area contributed by atoms with Crippen LogP contribution in [0, 0.1) is 20.8 Å². The second-order valence-corrected chi connectivity index (χ2v) is 12.7. The fraction of sp³-hybridized carbons (Fsp3) is 0.486. The Morgan fingerprint density at radius 1 is 0.718 bits per heavy atom. The predicted octanol–water partition coefficient (Wildman–Crippen LogP) is 11.1. The summed E-state index contributed by atoms with van der Waals surface area (Å²) in [5, 5.41) is 0. The molecule has 0 unspecified atom stereocenters. The lowest BCUT2D eigenvalue weighted by atomic mass is 9.87. The molecule has 4 aromatic rings. The summed E-state index contributed by atoms with van der Waals surface area (Å²) in [5.41, 5.74) is 14.4. The number of hydrogen-bond donors (Lipinski definition) is 0. The van der Waals surface area contributed by atoms with E-state index in [1.807, 2.05) is 0 Å². The van der Waals surface area contributed by atoms with Gasteiger partial charge in [-0.1, -0.05) is 104 Å². The van der Waals surface area contributed by atoms with Crippen molar-refractivity contribution in [3.63, 3.8) is 0 Å². The van der Waals surface area contributed by atoms with Crippen LogP contribution in [0.1, 0.15) is 131 Å². The minimum atomic E-state index is 0.402. The SMILES string of the molecule is CCCCCCc1ccc2c(c1)nc(-c1c(C)cc(C)cc1C)n2-c1c(C(C)C)cc(C(C)C)cc1C(C)C. The number of unbranched alkanes of at least 4 members (excludes halogenated alkanes) is 3. The monoisotopic (exact) mass is 522 g/mol. The van der Waals surface area contributed by atoms with Gasteiger partial charge in [-0.15, -0.1) is 0 Å². The van der Waals surface area contributed by atoms with Gasteiger partial charge < -0.3 is 0 Å². The first-order chi connectivity index (χ1) is 18.5. The Labute approximate surface area is 237 Å². The van der Waals surface area contributed by atoms with Crippen molar-refractivity contribution in [2.45, 2.75) is 119 Å². The van der Waals surface area contributed by atoms with Crippen LogP contribution in [0.3, 0.4) is 0 Å². The van der Waals surface area contributed by atoms with Crippen LogP contribution >= 0.6 is 0 Å². The van der Waals surface area contributed by atoms with E-state index in [-0.39, 0.29) is 0 Å². The highest BCUT2D eigenvalue weighted by atomic mass is 15.1. The lowest BCUT2D eigenvalue weighted by Gasteiger charge is -2.25. The van der Waals surface area contributed by atoms with Gasteiger partial charge in [0, 0.05) is 5.56 Å². The number of nitrogens with zero attached hydrogens (tertiary/aromatic N) is 2. The summed E-state index contributed by atoms with van der Waals surface area (Å²) in [4.78, 5) is 5.44. The summed E-state index contributed by atoms with van der Waals surface area (Å²) < 4.78 is 2.51. The van der Waals surface area contributed by atoms with E-state index in [1.54, 1.807) is 0 Å². The second-order valence-electron chi connectivity index (χ2n) is 12.7. The molecule has 0 atom stereocenters. The highest BCUT2D eigenvalue weighted by molar-refractivity contribution is 5.86. The number of benzene rings is 3. The number of aryl methyl sites for hydroxylation is 4. The molecule has 0 spiro atoms. The molecule has 39 heavy (non-hydrogen) atoms. The number of aromatic nitrogens is 2. The van der Waals surface area contributed by atoms with E-state index in [9.17, 15) is 0 Å². The molecule has 0 radical (unpaired) electrons. The zero-order valence-corrected chi connectivity index (χ0v) is 26.2. The van der Waals surface area contributed by atoms with E-state index in [2.05, 4.69) is 116 Å². The van der Waals surface area contributed by atoms with Crippen molar-refractivity contribution in [3.05, 3.63) is 81.4 Å². The van der Waals surface area contributed by atoms with Gasteiger partial charge in [0.05, 0.1) is 16.7 Å². The third-order valence-electron chi connectivity index (χ3n) is 8.26. The fourth-order valence-electron chi connectivity index (χ4n) is 6.14. The van der Waals surface area contributed by atoms with Gasteiger partial charge >= 0.3 is 0 Å². The Bertz CT molecular complexity index is 1400. The summed E-state index contributed by atoms with van der Waals surface area (Å²) in [6.07, 6.45) is 6.25. The molecule has 3 aromatic carbocycles. The van der Waals surface area contributed by atoms with Crippen LogP contribution in [0.2, 0.25) is 0 Å². The summed E-state index contributed by atoms with van der Waals surface area (Å²) in [5.74, 6) is 2.37. The topological polar surface area (TPSA) is 17.8 Å². The maximum absolute atomic E-state index is 5.44. The molecule has 0 amide bonds. The molecule has 0 aliphatic heterocycles. The lowest BCUT2D eigenvalue weighted by Crippen LogP contribution is -2.11. The summed E-state index contributed by atoms with van der Waals surface area (Å²) in [7, 11) is 0. The van der Waals surface area contributed by atoms with Gasteiger partial charge in [-0.2, -0.15) is 0 Å². The molecule has 0 bridgehead atoms. The molecule has 0 saturated heterocycles. The molecule has 2 nitrogen and oxygen atoms in total. The van der Waals surface area contributed by atoms with E-state index < -0.39 is 0 Å². The van der Waals surface area contributed by atoms with Gasteiger partial charge in [-0.3, -0.25) is 4.57 Å². The molecule has 0 saturated carbocycles. The van der Waals surface area contributed by atoms with Gasteiger partial charge in [0.25, 0.3) is 0 Å². The highest BCUT2D eigenvalue weighted by Crippen LogP contribution is 2.40. The normalized spacial score (nSPS) is 12.0. The molecule has 208 valence electrons. The van der Waals surface area contributed by atoms with Crippen LogP contribution in [0.4, 0.5) is 0 Å². The maximum atomic E-state index is 5.44. The van der Waals surface area contributed by atoms with Crippen molar-refractivity contribution in [1.29, 1.82) is 0 Å². The Hall–Kier alpha value is -2.87. The Kier molecular flexibility index (Phi) is 9.04. The molecule has 1 aromatic heterocycles. The van der Waals surface area contributed by atoms with E-state index in [0.29, 0.717) is 17.8 Å². The molecule has 0 N–H and O–H groups in total. The molecule has 0 aliphatic rings. The maximum Gasteiger partial charge on any atom is 0.146 e. The van der Waals surface area contributed by atoms with Gasteiger partial charge in [0.1, 0.15) is 5.82 Å². The third-order valence-corrected chi connectivity index (χ3v) is 8.26. The zero-order chi connectivity index (χ0) is 28.4. The first kappa shape index (κ1) is 29.1. The minimum Gasteiger partial charge on any atom is -0.292 e. The number of imidazole rings is 1. The van der Waals surface area contributed by atoms with Crippen LogP contribution in [-0.4, -0.2) is 9.55 Å². The van der Waals surface area contributed by atoms with Crippen molar-refractivity contribution in [2.75, 3.05) is 0 Å². The van der Waals surface area contributed by atoms with E-state index in [1.165, 1.54) is 81.4 Å². The number of hydrogen-bond acceptors (Lipinski definition) is 1. The van der Waals surface area contributed by atoms with Gasteiger partial charge in [-0.25, -0.2) is 4.98 Å². The largest absolute Gasteiger partial charge is 0.292 e. The Morgan fingerprint density at radius 2 is 1.33 bits per heavy atom. The summed E-state index contributed by atoms with van der Waals surface area (Å²) in [6, 6.07) is 16.6. The first-order valence-corrected chi connectivity index (χ1v) is 15.3. The van der Waals surface area contributed by atoms with E-state index in [4.69, 9.17) is 4.98 Å². The van der Waals surface area contributed by atoms with E-state index >= 15 is 0 Å². The molecular weight excluding hydrogens is 472 g/mol. The predicted molar refractivity (Wildman–Crippen MR) is 171 cm³/mol.